The van der Waals surface area contributed by atoms with Crippen molar-refractivity contribution >= 4 is 11.6 Å². The van der Waals surface area contributed by atoms with Gasteiger partial charge in [-0.25, -0.2) is 4.68 Å². The van der Waals surface area contributed by atoms with E-state index in [0.717, 1.165) is 49.5 Å². The summed E-state index contributed by atoms with van der Waals surface area (Å²) in [6, 6.07) is 11.6. The van der Waals surface area contributed by atoms with E-state index in [0.29, 0.717) is 0 Å². The van der Waals surface area contributed by atoms with E-state index >= 15 is 0 Å². The molecule has 3 heterocycles. The molecule has 2 aromatic heterocycles. The summed E-state index contributed by atoms with van der Waals surface area (Å²) in [7, 11) is 0. The van der Waals surface area contributed by atoms with E-state index in [4.69, 9.17) is 0 Å². The number of anilines is 1. The summed E-state index contributed by atoms with van der Waals surface area (Å²) in [5, 5.41) is 14.3. The Labute approximate surface area is 152 Å². The molecule has 1 amide bonds. The number of nitrogens with zero attached hydrogens (tertiary/aromatic N) is 4. The zero-order valence-corrected chi connectivity index (χ0v) is 14.5. The zero-order chi connectivity index (χ0) is 17.8. The molecule has 134 valence electrons. The predicted octanol–water partition coefficient (Wildman–Crippen LogP) is 2.45. The molecule has 7 nitrogen and oxygen atoms in total. The molecule has 7 heteroatoms. The van der Waals surface area contributed by atoms with Crippen LogP contribution < -0.4 is 5.32 Å². The van der Waals surface area contributed by atoms with Crippen molar-refractivity contribution in [3.63, 3.8) is 0 Å². The Morgan fingerprint density at radius 3 is 3.04 bits per heavy atom. The topological polar surface area (TPSA) is 78.8 Å². The average Bonchev–Trinajstić information content (AvgIpc) is 3.36. The highest BCUT2D eigenvalue weighted by molar-refractivity contribution is 5.93. The largest absolute Gasteiger partial charge is 0.326 e. The third kappa shape index (κ3) is 3.83. The molecule has 0 radical (unpaired) electrons. The first-order chi connectivity index (χ1) is 12.8. The minimum atomic E-state index is 0.0000286. The SMILES string of the molecule is O=C(Nc1cccc(-n2cccn2)c1)C1CCCN(Cc2ccn[nH]2)C1. The fourth-order valence-corrected chi connectivity index (χ4v) is 3.42. The molecule has 0 bridgehead atoms. The van der Waals surface area contributed by atoms with Gasteiger partial charge in [0.2, 0.25) is 5.91 Å². The van der Waals surface area contributed by atoms with Crippen molar-refractivity contribution < 1.29 is 4.79 Å². The van der Waals surface area contributed by atoms with Gasteiger partial charge in [0.1, 0.15) is 0 Å². The maximum Gasteiger partial charge on any atom is 0.228 e. The van der Waals surface area contributed by atoms with E-state index in [9.17, 15) is 4.79 Å². The molecule has 1 fully saturated rings. The van der Waals surface area contributed by atoms with E-state index in [1.165, 1.54) is 0 Å². The molecule has 4 rings (SSSR count). The third-order valence-electron chi connectivity index (χ3n) is 4.71. The van der Waals surface area contributed by atoms with Gasteiger partial charge in [0.05, 0.1) is 11.6 Å². The molecule has 0 aliphatic carbocycles. The number of hydrogen-bond acceptors (Lipinski definition) is 4. The molecule has 1 aliphatic heterocycles. The fraction of sp³-hybridized carbons (Fsp3) is 0.316. The van der Waals surface area contributed by atoms with Crippen LogP contribution >= 0.6 is 0 Å². The van der Waals surface area contributed by atoms with Gasteiger partial charge in [0, 0.05) is 43.1 Å². The Bertz CT molecular complexity index is 843. The van der Waals surface area contributed by atoms with E-state index in [-0.39, 0.29) is 11.8 Å². The van der Waals surface area contributed by atoms with Crippen molar-refractivity contribution in [3.8, 4) is 5.69 Å². The molecule has 1 saturated heterocycles. The Kier molecular flexibility index (Phi) is 4.79. The number of likely N-dealkylation sites (tertiary alicyclic amines) is 1. The number of carbonyl (C=O) groups excluding carboxylic acids is 1. The second-order valence-electron chi connectivity index (χ2n) is 6.65. The zero-order valence-electron chi connectivity index (χ0n) is 14.5. The standard InChI is InChI=1S/C19H22N6O/c26-19(15-4-2-10-24(13-15)14-17-7-9-20-23-17)22-16-5-1-6-18(12-16)25-11-3-8-21-25/h1,3,5-9,11-12,15H,2,4,10,13-14H2,(H,20,23)(H,22,26). The van der Waals surface area contributed by atoms with E-state index in [1.807, 2.05) is 42.6 Å². The van der Waals surface area contributed by atoms with Crippen LogP contribution in [-0.2, 0) is 11.3 Å². The first-order valence-electron chi connectivity index (χ1n) is 8.89. The lowest BCUT2D eigenvalue weighted by Crippen LogP contribution is -2.40. The minimum Gasteiger partial charge on any atom is -0.326 e. The molecule has 0 spiro atoms. The van der Waals surface area contributed by atoms with E-state index in [1.54, 1.807) is 17.1 Å². The number of hydrogen-bond donors (Lipinski definition) is 2. The highest BCUT2D eigenvalue weighted by Gasteiger charge is 2.26. The number of aromatic amines is 1. The third-order valence-corrected chi connectivity index (χ3v) is 4.71. The summed E-state index contributed by atoms with van der Waals surface area (Å²) in [5.41, 5.74) is 2.81. The molecule has 2 N–H and O–H groups in total. The number of carbonyl (C=O) groups is 1. The fourth-order valence-electron chi connectivity index (χ4n) is 3.42. The molecule has 3 aromatic rings. The van der Waals surface area contributed by atoms with Crippen LogP contribution in [0.15, 0.2) is 55.0 Å². The first kappa shape index (κ1) is 16.5. The van der Waals surface area contributed by atoms with Crippen LogP contribution in [0.3, 0.4) is 0 Å². The molecule has 1 unspecified atom stereocenters. The quantitative estimate of drug-likeness (QED) is 0.741. The summed E-state index contributed by atoms with van der Waals surface area (Å²) in [6.07, 6.45) is 7.33. The van der Waals surface area contributed by atoms with Crippen LogP contribution in [0.5, 0.6) is 0 Å². The van der Waals surface area contributed by atoms with Crippen LogP contribution in [0.2, 0.25) is 0 Å². The Balaban J connectivity index is 1.39. The van der Waals surface area contributed by atoms with Gasteiger partial charge < -0.3 is 5.32 Å². The van der Waals surface area contributed by atoms with Crippen molar-refractivity contribution in [2.45, 2.75) is 19.4 Å². The van der Waals surface area contributed by atoms with Gasteiger partial charge in [0.25, 0.3) is 0 Å². The molecule has 1 atom stereocenters. The van der Waals surface area contributed by atoms with Gasteiger partial charge in [-0.15, -0.1) is 0 Å². The second-order valence-corrected chi connectivity index (χ2v) is 6.65. The first-order valence-corrected chi connectivity index (χ1v) is 8.89. The van der Waals surface area contributed by atoms with Crippen LogP contribution in [0, 0.1) is 5.92 Å². The number of piperidine rings is 1. The second kappa shape index (κ2) is 7.53. The number of aromatic nitrogens is 4. The normalized spacial score (nSPS) is 17.9. The molecule has 1 aromatic carbocycles. The van der Waals surface area contributed by atoms with Crippen molar-refractivity contribution in [2.75, 3.05) is 18.4 Å². The molecule has 26 heavy (non-hydrogen) atoms. The summed E-state index contributed by atoms with van der Waals surface area (Å²) in [5.74, 6) is 0.0805. The Morgan fingerprint density at radius 2 is 2.23 bits per heavy atom. The summed E-state index contributed by atoms with van der Waals surface area (Å²) < 4.78 is 1.78. The van der Waals surface area contributed by atoms with Crippen LogP contribution in [-0.4, -0.2) is 43.9 Å². The number of rotatable bonds is 5. The Morgan fingerprint density at radius 1 is 1.27 bits per heavy atom. The van der Waals surface area contributed by atoms with Crippen LogP contribution in [0.1, 0.15) is 18.5 Å². The lowest BCUT2D eigenvalue weighted by molar-refractivity contribution is -0.121. The lowest BCUT2D eigenvalue weighted by Gasteiger charge is -2.31. The molecule has 0 saturated carbocycles. The maximum atomic E-state index is 12.7. The maximum absolute atomic E-state index is 12.7. The number of amides is 1. The van der Waals surface area contributed by atoms with E-state index in [2.05, 4.69) is 25.5 Å². The molecular formula is C19H22N6O. The minimum absolute atomic E-state index is 0.0000286. The van der Waals surface area contributed by atoms with Gasteiger partial charge in [-0.05, 0) is 49.7 Å². The number of benzene rings is 1. The smallest absolute Gasteiger partial charge is 0.228 e. The van der Waals surface area contributed by atoms with Crippen molar-refractivity contribution in [3.05, 3.63) is 60.7 Å². The summed E-state index contributed by atoms with van der Waals surface area (Å²) >= 11 is 0. The van der Waals surface area contributed by atoms with Crippen molar-refractivity contribution in [1.29, 1.82) is 0 Å². The Hall–Kier alpha value is -2.93. The summed E-state index contributed by atoms with van der Waals surface area (Å²) in [6.45, 7) is 2.58. The van der Waals surface area contributed by atoms with Gasteiger partial charge in [-0.2, -0.15) is 10.2 Å². The lowest BCUT2D eigenvalue weighted by atomic mass is 9.97. The van der Waals surface area contributed by atoms with Gasteiger partial charge in [0.15, 0.2) is 0 Å². The van der Waals surface area contributed by atoms with Gasteiger partial charge in [-0.1, -0.05) is 6.07 Å². The van der Waals surface area contributed by atoms with Gasteiger partial charge in [-0.3, -0.25) is 14.8 Å². The highest BCUT2D eigenvalue weighted by atomic mass is 16.1. The number of H-pyrrole nitrogens is 1. The predicted molar refractivity (Wildman–Crippen MR) is 98.8 cm³/mol. The van der Waals surface area contributed by atoms with Crippen molar-refractivity contribution in [2.24, 2.45) is 5.92 Å². The number of nitrogens with one attached hydrogen (secondary N) is 2. The van der Waals surface area contributed by atoms with Gasteiger partial charge >= 0.3 is 0 Å². The summed E-state index contributed by atoms with van der Waals surface area (Å²) in [4.78, 5) is 15.0. The monoisotopic (exact) mass is 350 g/mol. The highest BCUT2D eigenvalue weighted by Crippen LogP contribution is 2.21. The van der Waals surface area contributed by atoms with Crippen molar-refractivity contribution in [1.82, 2.24) is 24.9 Å². The van der Waals surface area contributed by atoms with Crippen LogP contribution in [0.25, 0.3) is 5.69 Å². The average molecular weight is 350 g/mol. The molecule has 1 aliphatic rings. The molecular weight excluding hydrogens is 328 g/mol. The van der Waals surface area contributed by atoms with E-state index < -0.39 is 0 Å². The van der Waals surface area contributed by atoms with Crippen LogP contribution in [0.4, 0.5) is 5.69 Å².